The van der Waals surface area contributed by atoms with Gasteiger partial charge in [-0.3, -0.25) is 9.59 Å². The van der Waals surface area contributed by atoms with Crippen LogP contribution >= 0.6 is 0 Å². The Morgan fingerprint density at radius 3 is 2.33 bits per heavy atom. The summed E-state index contributed by atoms with van der Waals surface area (Å²) in [7, 11) is 0. The molecule has 4 nitrogen and oxygen atoms in total. The van der Waals surface area contributed by atoms with Crippen molar-refractivity contribution >= 4 is 17.5 Å². The van der Waals surface area contributed by atoms with E-state index in [2.05, 4.69) is 22.5 Å². The minimum absolute atomic E-state index is 0.162. The summed E-state index contributed by atoms with van der Waals surface area (Å²) in [6.45, 7) is 1.45. The summed E-state index contributed by atoms with van der Waals surface area (Å²) in [6.07, 6.45) is 4.17. The predicted molar refractivity (Wildman–Crippen MR) is 107 cm³/mol. The summed E-state index contributed by atoms with van der Waals surface area (Å²) in [5, 5.41) is 5.77. The number of hydrogen-bond donors (Lipinski definition) is 2. The minimum Gasteiger partial charge on any atom is -0.344 e. The summed E-state index contributed by atoms with van der Waals surface area (Å²) in [5.74, 6) is 6.10. The van der Waals surface area contributed by atoms with Crippen LogP contribution in [-0.2, 0) is 9.59 Å². The maximum atomic E-state index is 12.8. The van der Waals surface area contributed by atoms with E-state index in [-0.39, 0.29) is 17.7 Å². The molecule has 1 aliphatic rings. The Labute approximate surface area is 160 Å². The highest BCUT2D eigenvalue weighted by Crippen LogP contribution is 2.28. The molecule has 2 N–H and O–H groups in total. The fraction of sp³-hybridized carbons (Fsp3) is 0.304. The lowest BCUT2D eigenvalue weighted by Gasteiger charge is -2.23. The lowest BCUT2D eigenvalue weighted by molar-refractivity contribution is -0.126. The number of rotatable bonds is 4. The number of nitrogens with one attached hydrogen (secondary N) is 2. The maximum absolute atomic E-state index is 12.8. The Kier molecular flexibility index (Phi) is 6.27. The van der Waals surface area contributed by atoms with E-state index in [0.29, 0.717) is 5.69 Å². The molecule has 1 aliphatic carbocycles. The second kappa shape index (κ2) is 9.05. The molecular formula is C23H24N2O2. The molecule has 2 aromatic carbocycles. The van der Waals surface area contributed by atoms with Crippen molar-refractivity contribution in [2.45, 2.75) is 38.6 Å². The first-order valence-corrected chi connectivity index (χ1v) is 9.37. The van der Waals surface area contributed by atoms with Crippen LogP contribution in [0.2, 0.25) is 0 Å². The number of carbonyl (C=O) groups is 2. The SMILES string of the molecule is CC(=O)NC(C(=O)Nc1cccc(C#Cc2ccccc2)c1)C1CCCC1. The highest BCUT2D eigenvalue weighted by Gasteiger charge is 2.31. The van der Waals surface area contributed by atoms with E-state index in [1.165, 1.54) is 6.92 Å². The van der Waals surface area contributed by atoms with Gasteiger partial charge < -0.3 is 10.6 Å². The Morgan fingerprint density at radius 1 is 0.963 bits per heavy atom. The first kappa shape index (κ1) is 18.7. The molecule has 1 unspecified atom stereocenters. The van der Waals surface area contributed by atoms with Gasteiger partial charge in [-0.15, -0.1) is 0 Å². The van der Waals surface area contributed by atoms with E-state index in [1.54, 1.807) is 0 Å². The zero-order valence-corrected chi connectivity index (χ0v) is 15.5. The molecular weight excluding hydrogens is 336 g/mol. The van der Waals surface area contributed by atoms with E-state index in [4.69, 9.17) is 0 Å². The number of carbonyl (C=O) groups excluding carboxylic acids is 2. The van der Waals surface area contributed by atoms with Crippen LogP contribution in [-0.4, -0.2) is 17.9 Å². The summed E-state index contributed by atoms with van der Waals surface area (Å²) in [5.41, 5.74) is 2.46. The van der Waals surface area contributed by atoms with Crippen LogP contribution in [0.4, 0.5) is 5.69 Å². The highest BCUT2D eigenvalue weighted by molar-refractivity contribution is 5.97. The largest absolute Gasteiger partial charge is 0.344 e. The Morgan fingerprint density at radius 2 is 1.63 bits per heavy atom. The van der Waals surface area contributed by atoms with E-state index in [0.717, 1.165) is 36.8 Å². The van der Waals surface area contributed by atoms with Crippen LogP contribution in [0.1, 0.15) is 43.7 Å². The number of anilines is 1. The van der Waals surface area contributed by atoms with Gasteiger partial charge in [-0.05, 0) is 49.1 Å². The van der Waals surface area contributed by atoms with Gasteiger partial charge in [-0.25, -0.2) is 0 Å². The van der Waals surface area contributed by atoms with Crippen LogP contribution in [0, 0.1) is 17.8 Å². The van der Waals surface area contributed by atoms with Gasteiger partial charge in [-0.2, -0.15) is 0 Å². The van der Waals surface area contributed by atoms with Crippen molar-refractivity contribution < 1.29 is 9.59 Å². The van der Waals surface area contributed by atoms with E-state index >= 15 is 0 Å². The summed E-state index contributed by atoms with van der Waals surface area (Å²) < 4.78 is 0. The number of benzene rings is 2. The molecule has 0 radical (unpaired) electrons. The van der Waals surface area contributed by atoms with Gasteiger partial charge >= 0.3 is 0 Å². The van der Waals surface area contributed by atoms with E-state index < -0.39 is 6.04 Å². The molecule has 1 atom stereocenters. The molecule has 138 valence electrons. The van der Waals surface area contributed by atoms with Gasteiger partial charge in [0.25, 0.3) is 0 Å². The van der Waals surface area contributed by atoms with Crippen LogP contribution in [0.5, 0.6) is 0 Å². The molecule has 3 rings (SSSR count). The van der Waals surface area contributed by atoms with Gasteiger partial charge in [-0.1, -0.05) is 48.9 Å². The van der Waals surface area contributed by atoms with Gasteiger partial charge in [0.15, 0.2) is 0 Å². The van der Waals surface area contributed by atoms with Crippen molar-refractivity contribution in [1.29, 1.82) is 0 Å². The van der Waals surface area contributed by atoms with Gasteiger partial charge in [0.05, 0.1) is 0 Å². The molecule has 0 heterocycles. The number of amides is 2. The van der Waals surface area contributed by atoms with Crippen LogP contribution in [0.25, 0.3) is 0 Å². The topological polar surface area (TPSA) is 58.2 Å². The first-order chi connectivity index (χ1) is 13.1. The molecule has 2 aromatic rings. The molecule has 0 spiro atoms. The molecule has 0 saturated heterocycles. The van der Waals surface area contributed by atoms with Crippen molar-refractivity contribution in [2.75, 3.05) is 5.32 Å². The molecule has 0 bridgehead atoms. The predicted octanol–water partition coefficient (Wildman–Crippen LogP) is 3.72. The molecule has 2 amide bonds. The zero-order valence-electron chi connectivity index (χ0n) is 15.5. The molecule has 27 heavy (non-hydrogen) atoms. The molecule has 0 aromatic heterocycles. The third-order valence-corrected chi connectivity index (χ3v) is 4.77. The molecule has 1 fully saturated rings. The Hall–Kier alpha value is -3.06. The fourth-order valence-electron chi connectivity index (χ4n) is 3.47. The van der Waals surface area contributed by atoms with Crippen molar-refractivity contribution in [2.24, 2.45) is 5.92 Å². The quantitative estimate of drug-likeness (QED) is 0.817. The molecule has 1 saturated carbocycles. The van der Waals surface area contributed by atoms with Crippen LogP contribution < -0.4 is 10.6 Å². The number of hydrogen-bond acceptors (Lipinski definition) is 2. The van der Waals surface area contributed by atoms with Crippen LogP contribution in [0.15, 0.2) is 54.6 Å². The summed E-state index contributed by atoms with van der Waals surface area (Å²) in [4.78, 5) is 24.3. The second-order valence-corrected chi connectivity index (χ2v) is 6.91. The molecule has 0 aliphatic heterocycles. The zero-order chi connectivity index (χ0) is 19.1. The standard InChI is InChI=1S/C23H24N2O2/c1-17(26)24-22(20-11-5-6-12-20)23(27)25-21-13-7-10-19(16-21)15-14-18-8-3-2-4-9-18/h2-4,7-10,13,16,20,22H,5-6,11-12H2,1H3,(H,24,26)(H,25,27). The molecule has 4 heteroatoms. The average Bonchev–Trinajstić information content (AvgIpc) is 3.20. The first-order valence-electron chi connectivity index (χ1n) is 9.37. The van der Waals surface area contributed by atoms with Gasteiger partial charge in [0.2, 0.25) is 11.8 Å². The van der Waals surface area contributed by atoms with E-state index in [9.17, 15) is 9.59 Å². The van der Waals surface area contributed by atoms with Crippen molar-refractivity contribution in [3.05, 3.63) is 65.7 Å². The third-order valence-electron chi connectivity index (χ3n) is 4.77. The van der Waals surface area contributed by atoms with Gasteiger partial charge in [0, 0.05) is 23.7 Å². The Bertz CT molecular complexity index is 859. The highest BCUT2D eigenvalue weighted by atomic mass is 16.2. The average molecular weight is 360 g/mol. The maximum Gasteiger partial charge on any atom is 0.247 e. The normalized spacial score (nSPS) is 14.7. The second-order valence-electron chi connectivity index (χ2n) is 6.91. The van der Waals surface area contributed by atoms with Crippen molar-refractivity contribution in [3.63, 3.8) is 0 Å². The van der Waals surface area contributed by atoms with Crippen LogP contribution in [0.3, 0.4) is 0 Å². The summed E-state index contributed by atoms with van der Waals surface area (Å²) in [6, 6.07) is 16.8. The van der Waals surface area contributed by atoms with Gasteiger partial charge in [0.1, 0.15) is 6.04 Å². The van der Waals surface area contributed by atoms with E-state index in [1.807, 2.05) is 54.6 Å². The fourth-order valence-corrected chi connectivity index (χ4v) is 3.47. The van der Waals surface area contributed by atoms with Crippen molar-refractivity contribution in [3.8, 4) is 11.8 Å². The minimum atomic E-state index is -0.482. The third kappa shape index (κ3) is 5.46. The summed E-state index contributed by atoms with van der Waals surface area (Å²) >= 11 is 0. The Balaban J connectivity index is 1.71. The lowest BCUT2D eigenvalue weighted by atomic mass is 9.97. The monoisotopic (exact) mass is 360 g/mol. The lowest BCUT2D eigenvalue weighted by Crippen LogP contribution is -2.47. The smallest absolute Gasteiger partial charge is 0.247 e. The van der Waals surface area contributed by atoms with Crippen molar-refractivity contribution in [1.82, 2.24) is 5.32 Å².